The van der Waals surface area contributed by atoms with Crippen LogP contribution in [0.5, 0.6) is 0 Å². The number of alkyl halides is 1. The standard InChI is InChI=1S/C5H2Cl2N2O.CH3Cl/c6-4-3(1-10)5(7)9-2-8-4;1-2/h1-2H;1H3. The lowest BCUT2D eigenvalue weighted by molar-refractivity contribution is 0.112. The van der Waals surface area contributed by atoms with Crippen molar-refractivity contribution in [2.24, 2.45) is 0 Å². The SMILES string of the molecule is CCl.O=Cc1c(Cl)ncnc1Cl. The van der Waals surface area contributed by atoms with Gasteiger partial charge in [0, 0.05) is 6.38 Å². The van der Waals surface area contributed by atoms with Crippen molar-refractivity contribution >= 4 is 41.1 Å². The summed E-state index contributed by atoms with van der Waals surface area (Å²) in [6.45, 7) is 0. The number of aldehydes is 1. The zero-order valence-electron chi connectivity index (χ0n) is 6.09. The van der Waals surface area contributed by atoms with E-state index in [1.165, 1.54) is 12.7 Å². The fourth-order valence-corrected chi connectivity index (χ4v) is 0.855. The fraction of sp³-hybridized carbons (Fsp3) is 0.167. The first-order valence-electron chi connectivity index (χ1n) is 2.74. The van der Waals surface area contributed by atoms with Crippen molar-refractivity contribution in [2.75, 3.05) is 6.38 Å². The summed E-state index contributed by atoms with van der Waals surface area (Å²) in [5.74, 6) is 0. The molecule has 66 valence electrons. The van der Waals surface area contributed by atoms with Gasteiger partial charge in [-0.05, 0) is 0 Å². The molecular formula is C6H5Cl3N2O. The lowest BCUT2D eigenvalue weighted by atomic mass is 10.4. The molecule has 0 amide bonds. The Morgan fingerprint density at radius 1 is 1.25 bits per heavy atom. The molecule has 1 aromatic rings. The fourth-order valence-electron chi connectivity index (χ4n) is 0.452. The van der Waals surface area contributed by atoms with Gasteiger partial charge in [0.05, 0.1) is 5.56 Å². The molecule has 0 radical (unpaired) electrons. The van der Waals surface area contributed by atoms with Crippen LogP contribution in [0.2, 0.25) is 10.3 Å². The maximum absolute atomic E-state index is 10.2. The van der Waals surface area contributed by atoms with Crippen LogP contribution in [0.1, 0.15) is 10.4 Å². The molecule has 1 heterocycles. The molecule has 0 bridgehead atoms. The molecule has 6 heteroatoms. The maximum atomic E-state index is 10.2. The molecule has 0 aliphatic rings. The van der Waals surface area contributed by atoms with E-state index in [1.54, 1.807) is 0 Å². The first-order chi connectivity index (χ1) is 5.75. The van der Waals surface area contributed by atoms with Gasteiger partial charge in [-0.1, -0.05) is 23.2 Å². The molecule has 12 heavy (non-hydrogen) atoms. The van der Waals surface area contributed by atoms with Crippen molar-refractivity contribution in [3.63, 3.8) is 0 Å². The summed E-state index contributed by atoms with van der Waals surface area (Å²) in [5.41, 5.74) is 0.130. The molecule has 0 aliphatic heterocycles. The number of nitrogens with zero attached hydrogens (tertiary/aromatic N) is 2. The lowest BCUT2D eigenvalue weighted by Gasteiger charge is -1.93. The predicted molar refractivity (Wildman–Crippen MR) is 49.2 cm³/mol. The molecule has 0 saturated carbocycles. The normalized spacial score (nSPS) is 8.33. The lowest BCUT2D eigenvalue weighted by Crippen LogP contribution is -1.89. The van der Waals surface area contributed by atoms with Gasteiger partial charge in [-0.3, -0.25) is 4.79 Å². The van der Waals surface area contributed by atoms with E-state index in [4.69, 9.17) is 23.2 Å². The zero-order valence-corrected chi connectivity index (χ0v) is 8.36. The third-order valence-electron chi connectivity index (χ3n) is 0.905. The quantitative estimate of drug-likeness (QED) is 0.420. The van der Waals surface area contributed by atoms with Crippen molar-refractivity contribution < 1.29 is 4.79 Å². The Kier molecular flexibility index (Phi) is 5.98. The highest BCUT2D eigenvalue weighted by molar-refractivity contribution is 6.36. The highest BCUT2D eigenvalue weighted by Gasteiger charge is 2.04. The van der Waals surface area contributed by atoms with E-state index in [2.05, 4.69) is 21.6 Å². The van der Waals surface area contributed by atoms with Crippen molar-refractivity contribution in [3.05, 3.63) is 22.2 Å². The number of rotatable bonds is 1. The molecule has 1 rings (SSSR count). The zero-order chi connectivity index (χ0) is 9.56. The van der Waals surface area contributed by atoms with Gasteiger partial charge in [-0.15, -0.1) is 11.6 Å². The third-order valence-corrected chi connectivity index (χ3v) is 1.51. The van der Waals surface area contributed by atoms with Crippen LogP contribution in [0.15, 0.2) is 6.33 Å². The van der Waals surface area contributed by atoms with Gasteiger partial charge >= 0.3 is 0 Å². The van der Waals surface area contributed by atoms with E-state index in [1.807, 2.05) is 0 Å². The first kappa shape index (κ1) is 11.6. The van der Waals surface area contributed by atoms with E-state index >= 15 is 0 Å². The number of aromatic nitrogens is 2. The van der Waals surface area contributed by atoms with E-state index in [-0.39, 0.29) is 15.9 Å². The van der Waals surface area contributed by atoms with Crippen molar-refractivity contribution in [3.8, 4) is 0 Å². The van der Waals surface area contributed by atoms with Crippen LogP contribution in [0.4, 0.5) is 0 Å². The highest BCUT2D eigenvalue weighted by Crippen LogP contribution is 2.16. The molecule has 1 aromatic heterocycles. The van der Waals surface area contributed by atoms with Gasteiger partial charge in [-0.2, -0.15) is 0 Å². The minimum Gasteiger partial charge on any atom is -0.298 e. The minimum absolute atomic E-state index is 0.0787. The monoisotopic (exact) mass is 226 g/mol. The number of hydrogen-bond donors (Lipinski definition) is 0. The van der Waals surface area contributed by atoms with Crippen LogP contribution >= 0.6 is 34.8 Å². The Labute approximate surface area is 84.7 Å². The van der Waals surface area contributed by atoms with Crippen molar-refractivity contribution in [1.29, 1.82) is 0 Å². The van der Waals surface area contributed by atoms with E-state index < -0.39 is 0 Å². The summed E-state index contributed by atoms with van der Waals surface area (Å²) in [6, 6.07) is 0. The molecule has 0 saturated heterocycles. The van der Waals surface area contributed by atoms with Gasteiger partial charge in [0.15, 0.2) is 6.29 Å². The summed E-state index contributed by atoms with van der Waals surface area (Å²) < 4.78 is 0. The van der Waals surface area contributed by atoms with E-state index in [0.717, 1.165) is 0 Å². The Hall–Kier alpha value is -0.380. The Morgan fingerprint density at radius 2 is 1.67 bits per heavy atom. The molecule has 0 atom stereocenters. The van der Waals surface area contributed by atoms with Gasteiger partial charge in [0.1, 0.15) is 16.6 Å². The molecule has 3 nitrogen and oxygen atoms in total. The van der Waals surface area contributed by atoms with Gasteiger partial charge in [0.2, 0.25) is 0 Å². The number of hydrogen-bond acceptors (Lipinski definition) is 3. The number of carbonyl (C=O) groups excluding carboxylic acids is 1. The summed E-state index contributed by atoms with van der Waals surface area (Å²) >= 11 is 15.6. The minimum atomic E-state index is 0.0787. The van der Waals surface area contributed by atoms with Crippen LogP contribution in [0, 0.1) is 0 Å². The Morgan fingerprint density at radius 3 is 1.92 bits per heavy atom. The number of carbonyl (C=O) groups is 1. The average Bonchev–Trinajstić information content (AvgIpc) is 2.08. The average molecular weight is 227 g/mol. The summed E-state index contributed by atoms with van der Waals surface area (Å²) in [5, 5.41) is 0.157. The molecule has 0 N–H and O–H groups in total. The topological polar surface area (TPSA) is 42.9 Å². The molecule has 0 aromatic carbocycles. The van der Waals surface area contributed by atoms with E-state index in [0.29, 0.717) is 6.29 Å². The molecule has 0 fully saturated rings. The summed E-state index contributed by atoms with van der Waals surface area (Å²) in [6.07, 6.45) is 3.18. The predicted octanol–water partition coefficient (Wildman–Crippen LogP) is 2.45. The van der Waals surface area contributed by atoms with Crippen molar-refractivity contribution in [1.82, 2.24) is 9.97 Å². The second-order valence-corrected chi connectivity index (χ2v) is 2.20. The summed E-state index contributed by atoms with van der Waals surface area (Å²) in [4.78, 5) is 17.3. The second-order valence-electron chi connectivity index (χ2n) is 1.49. The molecule has 0 aliphatic carbocycles. The Balaban J connectivity index is 0.000000561. The second kappa shape index (κ2) is 6.17. The highest BCUT2D eigenvalue weighted by atomic mass is 35.5. The molecule has 0 unspecified atom stereocenters. The maximum Gasteiger partial charge on any atom is 0.156 e. The third kappa shape index (κ3) is 2.93. The van der Waals surface area contributed by atoms with Gasteiger partial charge in [-0.25, -0.2) is 9.97 Å². The van der Waals surface area contributed by atoms with Crippen LogP contribution in [0.25, 0.3) is 0 Å². The van der Waals surface area contributed by atoms with Crippen molar-refractivity contribution in [2.45, 2.75) is 0 Å². The van der Waals surface area contributed by atoms with Crippen LogP contribution in [-0.2, 0) is 0 Å². The van der Waals surface area contributed by atoms with Gasteiger partial charge < -0.3 is 0 Å². The number of halogens is 3. The first-order valence-corrected chi connectivity index (χ1v) is 4.26. The summed E-state index contributed by atoms with van der Waals surface area (Å²) in [7, 11) is 0. The smallest absolute Gasteiger partial charge is 0.156 e. The van der Waals surface area contributed by atoms with Crippen LogP contribution in [-0.4, -0.2) is 22.6 Å². The van der Waals surface area contributed by atoms with Crippen LogP contribution in [0.3, 0.4) is 0 Å². The van der Waals surface area contributed by atoms with E-state index in [9.17, 15) is 4.79 Å². The molecule has 0 spiro atoms. The largest absolute Gasteiger partial charge is 0.298 e. The van der Waals surface area contributed by atoms with Crippen LogP contribution < -0.4 is 0 Å². The Bertz CT molecular complexity index is 247. The molecular weight excluding hydrogens is 222 g/mol. The van der Waals surface area contributed by atoms with Gasteiger partial charge in [0.25, 0.3) is 0 Å².